The van der Waals surface area contributed by atoms with Crippen molar-refractivity contribution in [2.75, 3.05) is 0 Å². The van der Waals surface area contributed by atoms with Crippen LogP contribution in [0.25, 0.3) is 6.08 Å². The average Bonchev–Trinajstić information content (AvgIpc) is 2.45. The summed E-state index contributed by atoms with van der Waals surface area (Å²) in [5.74, 6) is -0.0978. The number of rotatable bonds is 0. The zero-order chi connectivity index (χ0) is 7.84. The van der Waals surface area contributed by atoms with Gasteiger partial charge in [-0.15, -0.1) is 0 Å². The van der Waals surface area contributed by atoms with E-state index in [1.54, 1.807) is 0 Å². The van der Waals surface area contributed by atoms with Crippen molar-refractivity contribution in [2.24, 2.45) is 0 Å². The van der Waals surface area contributed by atoms with Crippen LogP contribution in [0.5, 0.6) is 0 Å². The smallest absolute Gasteiger partial charge is 0.130 e. The maximum Gasteiger partial charge on any atom is 0.130 e. The van der Waals surface area contributed by atoms with Crippen molar-refractivity contribution in [3.63, 3.8) is 0 Å². The predicted molar refractivity (Wildman–Crippen MR) is 43.9 cm³/mol. The number of halogens is 1. The van der Waals surface area contributed by atoms with Crippen LogP contribution in [0.3, 0.4) is 0 Å². The van der Waals surface area contributed by atoms with Crippen molar-refractivity contribution in [2.45, 2.75) is 13.3 Å². The molecule has 0 saturated heterocycles. The van der Waals surface area contributed by atoms with Crippen molar-refractivity contribution in [3.8, 4) is 0 Å². The zero-order valence-electron chi connectivity index (χ0n) is 6.39. The Balaban J connectivity index is 2.71. The molecule has 0 unspecified atom stereocenters. The van der Waals surface area contributed by atoms with E-state index in [1.165, 1.54) is 11.6 Å². The van der Waals surface area contributed by atoms with Gasteiger partial charge in [-0.25, -0.2) is 4.39 Å². The number of allylic oxidation sites excluding steroid dienone is 1. The van der Waals surface area contributed by atoms with E-state index in [9.17, 15) is 4.39 Å². The first-order valence-electron chi connectivity index (χ1n) is 3.73. The molecular formula is C10H9F. The van der Waals surface area contributed by atoms with E-state index in [-0.39, 0.29) is 5.82 Å². The Labute approximate surface area is 65.4 Å². The van der Waals surface area contributed by atoms with Crippen molar-refractivity contribution in [1.82, 2.24) is 0 Å². The summed E-state index contributed by atoms with van der Waals surface area (Å²) in [4.78, 5) is 0. The molecule has 2 rings (SSSR count). The van der Waals surface area contributed by atoms with Gasteiger partial charge in [0.2, 0.25) is 0 Å². The van der Waals surface area contributed by atoms with Gasteiger partial charge in [0, 0.05) is 5.56 Å². The van der Waals surface area contributed by atoms with Gasteiger partial charge in [-0.1, -0.05) is 18.2 Å². The largest absolute Gasteiger partial charge is 0.206 e. The fraction of sp³-hybridized carbons (Fsp3) is 0.200. The Morgan fingerprint density at radius 2 is 2.18 bits per heavy atom. The molecule has 56 valence electrons. The van der Waals surface area contributed by atoms with Gasteiger partial charge in [0.05, 0.1) is 0 Å². The molecule has 0 fully saturated rings. The lowest BCUT2D eigenvalue weighted by Crippen LogP contribution is -1.90. The number of fused-ring (bicyclic) bond motifs is 1. The number of hydrogen-bond donors (Lipinski definition) is 0. The minimum atomic E-state index is -0.0978. The molecule has 1 aromatic rings. The second-order valence-corrected chi connectivity index (χ2v) is 2.86. The first-order chi connectivity index (χ1) is 5.29. The molecule has 0 radical (unpaired) electrons. The molecule has 0 heterocycles. The minimum Gasteiger partial charge on any atom is -0.206 e. The lowest BCUT2D eigenvalue weighted by molar-refractivity contribution is 0.623. The Bertz CT molecular complexity index is 324. The zero-order valence-corrected chi connectivity index (χ0v) is 6.39. The Kier molecular flexibility index (Phi) is 1.31. The normalized spacial score (nSPS) is 13.6. The van der Waals surface area contributed by atoms with Crippen molar-refractivity contribution >= 4 is 6.08 Å². The molecule has 1 aromatic carbocycles. The third-order valence-corrected chi connectivity index (χ3v) is 2.14. The second-order valence-electron chi connectivity index (χ2n) is 2.86. The van der Waals surface area contributed by atoms with E-state index >= 15 is 0 Å². The van der Waals surface area contributed by atoms with Crippen LogP contribution in [0.15, 0.2) is 18.2 Å². The van der Waals surface area contributed by atoms with Gasteiger partial charge in [-0.3, -0.25) is 0 Å². The Morgan fingerprint density at radius 3 is 2.91 bits per heavy atom. The predicted octanol–water partition coefficient (Wildman–Crippen LogP) is 2.70. The first-order valence-corrected chi connectivity index (χ1v) is 3.73. The number of aryl methyl sites for hydroxylation is 1. The van der Waals surface area contributed by atoms with E-state index in [2.05, 4.69) is 0 Å². The minimum absolute atomic E-state index is 0.0978. The number of benzene rings is 1. The lowest BCUT2D eigenvalue weighted by Gasteiger charge is -2.03. The molecule has 0 atom stereocenters. The summed E-state index contributed by atoms with van der Waals surface area (Å²) in [5.41, 5.74) is 3.11. The van der Waals surface area contributed by atoms with E-state index in [1.807, 2.05) is 25.1 Å². The molecule has 0 N–H and O–H groups in total. The van der Waals surface area contributed by atoms with Crippen LogP contribution >= 0.6 is 0 Å². The van der Waals surface area contributed by atoms with Gasteiger partial charge in [-0.05, 0) is 30.5 Å². The van der Waals surface area contributed by atoms with Gasteiger partial charge in [0.1, 0.15) is 5.82 Å². The van der Waals surface area contributed by atoms with Crippen LogP contribution in [-0.4, -0.2) is 0 Å². The molecule has 0 nitrogen and oxygen atoms in total. The Morgan fingerprint density at radius 1 is 1.36 bits per heavy atom. The van der Waals surface area contributed by atoms with E-state index in [4.69, 9.17) is 0 Å². The topological polar surface area (TPSA) is 0 Å². The van der Waals surface area contributed by atoms with Crippen LogP contribution < -0.4 is 0 Å². The van der Waals surface area contributed by atoms with Gasteiger partial charge >= 0.3 is 0 Å². The van der Waals surface area contributed by atoms with Crippen LogP contribution in [0.4, 0.5) is 4.39 Å². The molecule has 0 aliphatic heterocycles. The van der Waals surface area contributed by atoms with Gasteiger partial charge in [-0.2, -0.15) is 0 Å². The molecule has 1 aliphatic carbocycles. The summed E-state index contributed by atoms with van der Waals surface area (Å²) in [7, 11) is 0. The first kappa shape index (κ1) is 6.59. The summed E-state index contributed by atoms with van der Waals surface area (Å²) in [6.07, 6.45) is 4.75. The SMILES string of the molecule is Cc1ccc(F)c2c1CC=C2. The van der Waals surface area contributed by atoms with Crippen LogP contribution in [-0.2, 0) is 6.42 Å². The van der Waals surface area contributed by atoms with Gasteiger partial charge in [0.15, 0.2) is 0 Å². The molecule has 0 spiro atoms. The summed E-state index contributed by atoms with van der Waals surface area (Å²) in [6, 6.07) is 3.37. The summed E-state index contributed by atoms with van der Waals surface area (Å²) < 4.78 is 13.0. The van der Waals surface area contributed by atoms with Crippen LogP contribution in [0.2, 0.25) is 0 Å². The summed E-state index contributed by atoms with van der Waals surface area (Å²) >= 11 is 0. The molecule has 0 amide bonds. The second kappa shape index (κ2) is 2.19. The van der Waals surface area contributed by atoms with E-state index in [0.29, 0.717) is 0 Å². The standard InChI is InChI=1S/C10H9F/c1-7-5-6-10(11)9-4-2-3-8(7)9/h2,4-6H,3H2,1H3. The maximum absolute atomic E-state index is 13.0. The van der Waals surface area contributed by atoms with Gasteiger partial charge < -0.3 is 0 Å². The molecule has 1 aliphatic rings. The average molecular weight is 148 g/mol. The highest BCUT2D eigenvalue weighted by molar-refractivity contribution is 5.62. The molecule has 11 heavy (non-hydrogen) atoms. The van der Waals surface area contributed by atoms with E-state index in [0.717, 1.165) is 17.5 Å². The number of hydrogen-bond acceptors (Lipinski definition) is 0. The maximum atomic E-state index is 13.0. The van der Waals surface area contributed by atoms with E-state index < -0.39 is 0 Å². The summed E-state index contributed by atoms with van der Waals surface area (Å²) in [6.45, 7) is 2.02. The Hall–Kier alpha value is -1.11. The van der Waals surface area contributed by atoms with Gasteiger partial charge in [0.25, 0.3) is 0 Å². The fourth-order valence-electron chi connectivity index (χ4n) is 1.49. The van der Waals surface area contributed by atoms with Crippen molar-refractivity contribution in [1.29, 1.82) is 0 Å². The lowest BCUT2D eigenvalue weighted by atomic mass is 10.0. The van der Waals surface area contributed by atoms with Crippen molar-refractivity contribution in [3.05, 3.63) is 40.7 Å². The molecular weight excluding hydrogens is 139 g/mol. The summed E-state index contributed by atoms with van der Waals surface area (Å²) in [5, 5.41) is 0. The highest BCUT2D eigenvalue weighted by atomic mass is 19.1. The molecule has 0 bridgehead atoms. The van der Waals surface area contributed by atoms with Crippen molar-refractivity contribution < 1.29 is 4.39 Å². The van der Waals surface area contributed by atoms with Crippen LogP contribution in [0.1, 0.15) is 16.7 Å². The fourth-order valence-corrected chi connectivity index (χ4v) is 1.49. The van der Waals surface area contributed by atoms with Crippen LogP contribution in [0, 0.1) is 12.7 Å². The molecule has 0 aromatic heterocycles. The molecule has 1 heteroatoms. The quantitative estimate of drug-likeness (QED) is 0.530. The third kappa shape index (κ3) is 0.881. The monoisotopic (exact) mass is 148 g/mol. The highest BCUT2D eigenvalue weighted by Crippen LogP contribution is 2.24. The molecule has 0 saturated carbocycles. The highest BCUT2D eigenvalue weighted by Gasteiger charge is 2.11. The third-order valence-electron chi connectivity index (χ3n) is 2.14.